The predicted molar refractivity (Wildman–Crippen MR) is 113 cm³/mol. The highest BCUT2D eigenvalue weighted by molar-refractivity contribution is 6.13. The Bertz CT molecular complexity index is 925. The topological polar surface area (TPSA) is 12.4 Å². The van der Waals surface area contributed by atoms with Gasteiger partial charge in [0.1, 0.15) is 0 Å². The molecular formula is C25H25N. The maximum Gasteiger partial charge on any atom is 0.0712 e. The minimum atomic E-state index is 0.971. The first kappa shape index (κ1) is 17.9. The lowest BCUT2D eigenvalue weighted by Crippen LogP contribution is -1.98. The summed E-state index contributed by atoms with van der Waals surface area (Å²) in [6.45, 7) is 8.45. The van der Waals surface area contributed by atoms with Gasteiger partial charge in [0.15, 0.2) is 0 Å². The summed E-state index contributed by atoms with van der Waals surface area (Å²) in [6, 6.07) is 25.5. The molecule has 0 aliphatic carbocycles. The second-order valence-corrected chi connectivity index (χ2v) is 6.89. The summed E-state index contributed by atoms with van der Waals surface area (Å²) in [4.78, 5) is 4.92. The lowest BCUT2D eigenvalue weighted by molar-refractivity contribution is 1.42. The average Bonchev–Trinajstić information content (AvgIpc) is 2.64. The molecule has 3 aromatic carbocycles. The van der Waals surface area contributed by atoms with Crippen molar-refractivity contribution in [3.8, 4) is 0 Å². The standard InChI is InChI=1S/C25H25N/c1-18-5-11-22(12-6-18)21(4)17-25(23-13-7-19(2)8-14-23)26-24-15-9-20(3)10-16-24/h5-17H,1-4H3/b21-17-,26-25?. The van der Waals surface area contributed by atoms with Gasteiger partial charge < -0.3 is 0 Å². The average molecular weight is 339 g/mol. The Balaban J connectivity index is 2.04. The van der Waals surface area contributed by atoms with Crippen LogP contribution in [0, 0.1) is 20.8 Å². The summed E-state index contributed by atoms with van der Waals surface area (Å²) >= 11 is 0. The molecule has 130 valence electrons. The van der Waals surface area contributed by atoms with E-state index in [4.69, 9.17) is 4.99 Å². The lowest BCUT2D eigenvalue weighted by Gasteiger charge is -2.07. The molecule has 0 radical (unpaired) electrons. The van der Waals surface area contributed by atoms with Gasteiger partial charge in [0.25, 0.3) is 0 Å². The normalized spacial score (nSPS) is 12.3. The Kier molecular flexibility index (Phi) is 5.48. The number of aryl methyl sites for hydroxylation is 3. The highest BCUT2D eigenvalue weighted by Gasteiger charge is 2.04. The summed E-state index contributed by atoms with van der Waals surface area (Å²) in [5.74, 6) is 0. The van der Waals surface area contributed by atoms with Crippen molar-refractivity contribution in [2.45, 2.75) is 27.7 Å². The molecule has 0 atom stereocenters. The van der Waals surface area contributed by atoms with Crippen LogP contribution in [-0.2, 0) is 0 Å². The summed E-state index contributed by atoms with van der Waals surface area (Å²) in [7, 11) is 0. The molecular weight excluding hydrogens is 314 g/mol. The second-order valence-electron chi connectivity index (χ2n) is 6.89. The van der Waals surface area contributed by atoms with Crippen LogP contribution in [0.5, 0.6) is 0 Å². The van der Waals surface area contributed by atoms with Gasteiger partial charge in [0.05, 0.1) is 11.4 Å². The molecule has 1 nitrogen and oxygen atoms in total. The molecule has 0 N–H and O–H groups in total. The van der Waals surface area contributed by atoms with Gasteiger partial charge in [0.2, 0.25) is 0 Å². The van der Waals surface area contributed by atoms with E-state index < -0.39 is 0 Å². The predicted octanol–water partition coefficient (Wildman–Crippen LogP) is 6.84. The maximum absolute atomic E-state index is 4.92. The Morgan fingerprint density at radius 1 is 0.615 bits per heavy atom. The summed E-state index contributed by atoms with van der Waals surface area (Å²) in [5, 5.41) is 0. The van der Waals surface area contributed by atoms with Crippen LogP contribution >= 0.6 is 0 Å². The van der Waals surface area contributed by atoms with Crippen LogP contribution < -0.4 is 0 Å². The first-order valence-electron chi connectivity index (χ1n) is 8.99. The fraction of sp³-hybridized carbons (Fsp3) is 0.160. The number of aliphatic imine (C=N–C) groups is 1. The largest absolute Gasteiger partial charge is 0.248 e. The Morgan fingerprint density at radius 3 is 1.54 bits per heavy atom. The minimum absolute atomic E-state index is 0.971. The Morgan fingerprint density at radius 2 is 1.04 bits per heavy atom. The number of hydrogen-bond acceptors (Lipinski definition) is 1. The molecule has 0 aliphatic heterocycles. The summed E-state index contributed by atoms with van der Waals surface area (Å²) < 4.78 is 0. The van der Waals surface area contributed by atoms with Gasteiger partial charge in [-0.1, -0.05) is 77.4 Å². The zero-order valence-corrected chi connectivity index (χ0v) is 16.0. The highest BCUT2D eigenvalue weighted by Crippen LogP contribution is 2.20. The minimum Gasteiger partial charge on any atom is -0.248 e. The number of allylic oxidation sites excluding steroid dienone is 2. The van der Waals surface area contributed by atoms with E-state index >= 15 is 0 Å². The first-order chi connectivity index (χ1) is 12.5. The number of hydrogen-bond donors (Lipinski definition) is 0. The van der Waals surface area contributed by atoms with Gasteiger partial charge >= 0.3 is 0 Å². The molecule has 26 heavy (non-hydrogen) atoms. The zero-order chi connectivity index (χ0) is 18.5. The van der Waals surface area contributed by atoms with Crippen molar-refractivity contribution in [3.63, 3.8) is 0 Å². The molecule has 0 heterocycles. The van der Waals surface area contributed by atoms with Crippen molar-refractivity contribution in [3.05, 3.63) is 107 Å². The van der Waals surface area contributed by atoms with Crippen LogP contribution in [0.25, 0.3) is 5.57 Å². The van der Waals surface area contributed by atoms with Crippen molar-refractivity contribution in [2.24, 2.45) is 4.99 Å². The molecule has 3 aromatic rings. The monoisotopic (exact) mass is 339 g/mol. The van der Waals surface area contributed by atoms with E-state index in [0.29, 0.717) is 0 Å². The molecule has 1 heteroatoms. The lowest BCUT2D eigenvalue weighted by atomic mass is 10.0. The third-order valence-corrected chi connectivity index (χ3v) is 4.49. The van der Waals surface area contributed by atoms with Crippen LogP contribution in [0.4, 0.5) is 5.69 Å². The van der Waals surface area contributed by atoms with Crippen LogP contribution in [0.1, 0.15) is 34.7 Å². The number of rotatable bonds is 4. The fourth-order valence-corrected chi connectivity index (χ4v) is 2.77. The Labute approximate surface area is 156 Å². The second kappa shape index (κ2) is 7.97. The molecule has 3 rings (SSSR count). The molecule has 0 saturated carbocycles. The number of nitrogens with zero attached hydrogens (tertiary/aromatic N) is 1. The molecule has 0 amide bonds. The van der Waals surface area contributed by atoms with Crippen molar-refractivity contribution in [2.75, 3.05) is 0 Å². The van der Waals surface area contributed by atoms with E-state index in [2.05, 4.69) is 107 Å². The molecule has 0 unspecified atom stereocenters. The van der Waals surface area contributed by atoms with Crippen LogP contribution in [0.15, 0.2) is 83.9 Å². The van der Waals surface area contributed by atoms with Gasteiger partial charge in [-0.3, -0.25) is 0 Å². The quantitative estimate of drug-likeness (QED) is 0.462. The zero-order valence-electron chi connectivity index (χ0n) is 16.0. The Hall–Kier alpha value is -2.93. The van der Waals surface area contributed by atoms with E-state index in [1.807, 2.05) is 0 Å². The molecule has 0 saturated heterocycles. The van der Waals surface area contributed by atoms with Gasteiger partial charge in [-0.2, -0.15) is 0 Å². The van der Waals surface area contributed by atoms with E-state index in [1.54, 1.807) is 0 Å². The van der Waals surface area contributed by atoms with Gasteiger partial charge in [-0.05, 0) is 57.0 Å². The van der Waals surface area contributed by atoms with Gasteiger partial charge in [0, 0.05) is 5.56 Å². The van der Waals surface area contributed by atoms with Crippen molar-refractivity contribution in [1.29, 1.82) is 0 Å². The van der Waals surface area contributed by atoms with Crippen molar-refractivity contribution >= 4 is 17.0 Å². The fourth-order valence-electron chi connectivity index (χ4n) is 2.77. The molecule has 0 aromatic heterocycles. The van der Waals surface area contributed by atoms with E-state index in [0.717, 1.165) is 17.0 Å². The SMILES string of the molecule is C/C(=C/C(=Nc1ccc(C)cc1)c1ccc(C)cc1)c1ccc(C)cc1. The molecule has 0 spiro atoms. The molecule has 0 bridgehead atoms. The summed E-state index contributed by atoms with van der Waals surface area (Å²) in [6.07, 6.45) is 2.18. The van der Waals surface area contributed by atoms with Gasteiger partial charge in [-0.15, -0.1) is 0 Å². The van der Waals surface area contributed by atoms with Crippen LogP contribution in [0.2, 0.25) is 0 Å². The van der Waals surface area contributed by atoms with Crippen LogP contribution in [-0.4, -0.2) is 5.71 Å². The van der Waals surface area contributed by atoms with Gasteiger partial charge in [-0.25, -0.2) is 4.99 Å². The third-order valence-electron chi connectivity index (χ3n) is 4.49. The van der Waals surface area contributed by atoms with E-state index in [9.17, 15) is 0 Å². The highest BCUT2D eigenvalue weighted by atomic mass is 14.7. The maximum atomic E-state index is 4.92. The summed E-state index contributed by atoms with van der Waals surface area (Å²) in [5.41, 5.74) is 9.27. The van der Waals surface area contributed by atoms with E-state index in [1.165, 1.54) is 27.8 Å². The molecule has 0 fully saturated rings. The van der Waals surface area contributed by atoms with Crippen LogP contribution in [0.3, 0.4) is 0 Å². The van der Waals surface area contributed by atoms with Crippen molar-refractivity contribution < 1.29 is 0 Å². The smallest absolute Gasteiger partial charge is 0.0712 e. The first-order valence-corrected chi connectivity index (χ1v) is 8.99. The number of benzene rings is 3. The third kappa shape index (κ3) is 4.58. The van der Waals surface area contributed by atoms with E-state index in [-0.39, 0.29) is 0 Å². The van der Waals surface area contributed by atoms with Crippen molar-refractivity contribution in [1.82, 2.24) is 0 Å². The molecule has 0 aliphatic rings.